The third-order valence-corrected chi connectivity index (χ3v) is 3.79. The fraction of sp³-hybridized carbons (Fsp3) is 0.312. The van der Waals surface area contributed by atoms with Gasteiger partial charge in [-0.05, 0) is 24.3 Å². The predicted octanol–water partition coefficient (Wildman–Crippen LogP) is 2.78. The van der Waals surface area contributed by atoms with Crippen molar-refractivity contribution in [1.82, 2.24) is 9.97 Å². The van der Waals surface area contributed by atoms with Gasteiger partial charge in [-0.2, -0.15) is 0 Å². The lowest BCUT2D eigenvalue weighted by atomic mass is 9.94. The number of benzene rings is 1. The highest BCUT2D eigenvalue weighted by molar-refractivity contribution is 5.84. The number of nitrogens with zero attached hydrogens (tertiary/aromatic N) is 2. The molecule has 0 saturated heterocycles. The second-order valence-corrected chi connectivity index (χ2v) is 5.33. The Hall–Kier alpha value is -2.43. The van der Waals surface area contributed by atoms with Gasteiger partial charge in [0, 0.05) is 12.5 Å². The lowest BCUT2D eigenvalue weighted by Crippen LogP contribution is -2.15. The maximum Gasteiger partial charge on any atom is 0.356 e. The minimum atomic E-state index is -1.06. The first-order valence-electron chi connectivity index (χ1n) is 7.08. The molecule has 21 heavy (non-hydrogen) atoms. The Morgan fingerprint density at radius 2 is 2.00 bits per heavy atom. The van der Waals surface area contributed by atoms with E-state index in [9.17, 15) is 4.79 Å². The molecule has 5 nitrogen and oxygen atoms in total. The molecule has 2 aromatic rings. The van der Waals surface area contributed by atoms with Crippen LogP contribution in [0.1, 0.15) is 34.8 Å². The van der Waals surface area contributed by atoms with E-state index in [-0.39, 0.29) is 5.69 Å². The number of rotatable bonds is 6. The second kappa shape index (κ2) is 5.91. The van der Waals surface area contributed by atoms with Crippen LogP contribution in [-0.2, 0) is 0 Å². The minimum absolute atomic E-state index is 0.0395. The Labute approximate surface area is 123 Å². The van der Waals surface area contributed by atoms with Gasteiger partial charge in [0.1, 0.15) is 5.82 Å². The molecule has 0 amide bonds. The average molecular weight is 283 g/mol. The van der Waals surface area contributed by atoms with Gasteiger partial charge in [0.05, 0.1) is 12.4 Å². The van der Waals surface area contributed by atoms with Crippen LogP contribution in [0.15, 0.2) is 42.7 Å². The first kappa shape index (κ1) is 13.5. The summed E-state index contributed by atoms with van der Waals surface area (Å²) in [5, 5.41) is 12.1. The molecule has 0 bridgehead atoms. The van der Waals surface area contributed by atoms with E-state index in [1.807, 2.05) is 6.07 Å². The van der Waals surface area contributed by atoms with Crippen molar-refractivity contribution in [2.24, 2.45) is 5.92 Å². The molecule has 1 aromatic heterocycles. The SMILES string of the molecule is O=C(O)c1cnc(NCC(c2ccccc2)C2CC2)cn1. The number of carboxylic acid groups (broad SMARTS) is 1. The van der Waals surface area contributed by atoms with Crippen LogP contribution in [0.5, 0.6) is 0 Å². The zero-order valence-electron chi connectivity index (χ0n) is 11.6. The Morgan fingerprint density at radius 1 is 1.24 bits per heavy atom. The van der Waals surface area contributed by atoms with Crippen molar-refractivity contribution in [2.45, 2.75) is 18.8 Å². The first-order chi connectivity index (χ1) is 10.2. The lowest BCUT2D eigenvalue weighted by Gasteiger charge is -2.17. The molecule has 0 aliphatic heterocycles. The number of carbonyl (C=O) groups is 1. The van der Waals surface area contributed by atoms with Crippen LogP contribution in [0.3, 0.4) is 0 Å². The normalized spacial score (nSPS) is 15.4. The van der Waals surface area contributed by atoms with E-state index >= 15 is 0 Å². The standard InChI is InChI=1S/C16H17N3O2/c20-16(21)14-9-19-15(10-17-14)18-8-13(12-6-7-12)11-4-2-1-3-5-11/h1-5,9-10,12-13H,6-8H2,(H,18,19)(H,20,21). The minimum Gasteiger partial charge on any atom is -0.476 e. The molecular formula is C16H17N3O2. The molecular weight excluding hydrogens is 266 g/mol. The number of carboxylic acids is 1. The van der Waals surface area contributed by atoms with E-state index in [2.05, 4.69) is 39.6 Å². The van der Waals surface area contributed by atoms with Gasteiger partial charge in [0.15, 0.2) is 5.69 Å². The maximum absolute atomic E-state index is 10.7. The van der Waals surface area contributed by atoms with E-state index < -0.39 is 5.97 Å². The summed E-state index contributed by atoms with van der Waals surface area (Å²) < 4.78 is 0. The fourth-order valence-corrected chi connectivity index (χ4v) is 2.50. The van der Waals surface area contributed by atoms with Gasteiger partial charge in [-0.25, -0.2) is 14.8 Å². The summed E-state index contributed by atoms with van der Waals surface area (Å²) in [7, 11) is 0. The number of aromatic nitrogens is 2. The smallest absolute Gasteiger partial charge is 0.356 e. The molecule has 1 saturated carbocycles. The van der Waals surface area contributed by atoms with Crippen LogP contribution in [0.4, 0.5) is 5.82 Å². The van der Waals surface area contributed by atoms with Crippen molar-refractivity contribution >= 4 is 11.8 Å². The predicted molar refractivity (Wildman–Crippen MR) is 79.4 cm³/mol. The summed E-state index contributed by atoms with van der Waals surface area (Å²) in [6, 6.07) is 10.5. The molecule has 1 aliphatic rings. The van der Waals surface area contributed by atoms with Crippen LogP contribution < -0.4 is 5.32 Å². The summed E-state index contributed by atoms with van der Waals surface area (Å²) >= 11 is 0. The zero-order chi connectivity index (χ0) is 14.7. The van der Waals surface area contributed by atoms with Crippen molar-refractivity contribution in [1.29, 1.82) is 0 Å². The molecule has 1 aliphatic carbocycles. The topological polar surface area (TPSA) is 75.1 Å². The fourth-order valence-electron chi connectivity index (χ4n) is 2.50. The molecule has 0 radical (unpaired) electrons. The summed E-state index contributed by atoms with van der Waals surface area (Å²) in [5.41, 5.74) is 1.30. The van der Waals surface area contributed by atoms with Crippen LogP contribution in [0.2, 0.25) is 0 Å². The van der Waals surface area contributed by atoms with Gasteiger partial charge in [0.25, 0.3) is 0 Å². The highest BCUT2D eigenvalue weighted by atomic mass is 16.4. The summed E-state index contributed by atoms with van der Waals surface area (Å²) in [4.78, 5) is 18.7. The lowest BCUT2D eigenvalue weighted by molar-refractivity contribution is 0.0690. The Balaban J connectivity index is 1.66. The van der Waals surface area contributed by atoms with Crippen LogP contribution >= 0.6 is 0 Å². The number of anilines is 1. The molecule has 108 valence electrons. The summed E-state index contributed by atoms with van der Waals surface area (Å²) in [5.74, 6) is 0.745. The Morgan fingerprint density at radius 3 is 2.57 bits per heavy atom. The molecule has 5 heteroatoms. The Kier molecular flexibility index (Phi) is 3.81. The number of hydrogen-bond acceptors (Lipinski definition) is 4. The highest BCUT2D eigenvalue weighted by Gasteiger charge is 2.31. The maximum atomic E-state index is 10.7. The van der Waals surface area contributed by atoms with Crippen molar-refractivity contribution in [3.8, 4) is 0 Å². The number of aromatic carboxylic acids is 1. The zero-order valence-corrected chi connectivity index (χ0v) is 11.6. The van der Waals surface area contributed by atoms with Crippen molar-refractivity contribution < 1.29 is 9.90 Å². The molecule has 1 unspecified atom stereocenters. The molecule has 2 N–H and O–H groups in total. The molecule has 0 spiro atoms. The third-order valence-electron chi connectivity index (χ3n) is 3.79. The van der Waals surface area contributed by atoms with Crippen LogP contribution in [-0.4, -0.2) is 27.6 Å². The summed E-state index contributed by atoms with van der Waals surface area (Å²) in [6.07, 6.45) is 5.29. The van der Waals surface area contributed by atoms with Crippen LogP contribution in [0, 0.1) is 5.92 Å². The third kappa shape index (κ3) is 3.37. The van der Waals surface area contributed by atoms with Gasteiger partial charge >= 0.3 is 5.97 Å². The molecule has 3 rings (SSSR count). The quantitative estimate of drug-likeness (QED) is 0.852. The van der Waals surface area contributed by atoms with Gasteiger partial charge in [-0.15, -0.1) is 0 Å². The first-order valence-corrected chi connectivity index (χ1v) is 7.08. The molecule has 1 atom stereocenters. The van der Waals surface area contributed by atoms with E-state index in [1.54, 1.807) is 0 Å². The van der Waals surface area contributed by atoms with Crippen LogP contribution in [0.25, 0.3) is 0 Å². The molecule has 1 heterocycles. The highest BCUT2D eigenvalue weighted by Crippen LogP contribution is 2.42. The van der Waals surface area contributed by atoms with Crippen molar-refractivity contribution in [3.05, 3.63) is 54.0 Å². The van der Waals surface area contributed by atoms with E-state index in [0.29, 0.717) is 11.7 Å². The molecule has 1 aromatic carbocycles. The summed E-state index contributed by atoms with van der Waals surface area (Å²) in [6.45, 7) is 0.787. The number of hydrogen-bond donors (Lipinski definition) is 2. The van der Waals surface area contributed by atoms with Crippen molar-refractivity contribution in [3.63, 3.8) is 0 Å². The van der Waals surface area contributed by atoms with E-state index in [0.717, 1.165) is 12.5 Å². The van der Waals surface area contributed by atoms with E-state index in [1.165, 1.54) is 30.8 Å². The van der Waals surface area contributed by atoms with Gasteiger partial charge in [0.2, 0.25) is 0 Å². The van der Waals surface area contributed by atoms with Gasteiger partial charge in [-0.1, -0.05) is 30.3 Å². The monoisotopic (exact) mass is 283 g/mol. The van der Waals surface area contributed by atoms with Gasteiger partial charge < -0.3 is 10.4 Å². The second-order valence-electron chi connectivity index (χ2n) is 5.33. The van der Waals surface area contributed by atoms with Crippen molar-refractivity contribution in [2.75, 3.05) is 11.9 Å². The van der Waals surface area contributed by atoms with E-state index in [4.69, 9.17) is 5.11 Å². The molecule has 1 fully saturated rings. The Bertz CT molecular complexity index is 609. The van der Waals surface area contributed by atoms with Gasteiger partial charge in [-0.3, -0.25) is 0 Å². The average Bonchev–Trinajstić information content (AvgIpc) is 3.34. The number of nitrogens with one attached hydrogen (secondary N) is 1. The largest absolute Gasteiger partial charge is 0.476 e.